The second-order valence-electron chi connectivity index (χ2n) is 4.75. The topological polar surface area (TPSA) is 39.1 Å². The lowest BCUT2D eigenvalue weighted by atomic mass is 10.1. The molecule has 0 radical (unpaired) electrons. The van der Waals surface area contributed by atoms with Crippen molar-refractivity contribution in [3.63, 3.8) is 0 Å². The highest BCUT2D eigenvalue weighted by Gasteiger charge is 2.27. The Hall–Kier alpha value is -1.08. The molecule has 7 heteroatoms. The lowest BCUT2D eigenvalue weighted by Gasteiger charge is -2.13. The highest BCUT2D eigenvalue weighted by molar-refractivity contribution is 5.27. The van der Waals surface area contributed by atoms with Crippen LogP contribution in [0.25, 0.3) is 0 Å². The molecule has 0 fully saturated rings. The van der Waals surface area contributed by atoms with Gasteiger partial charge in [0.15, 0.2) is 0 Å². The van der Waals surface area contributed by atoms with Gasteiger partial charge in [0.1, 0.15) is 6.61 Å². The summed E-state index contributed by atoms with van der Waals surface area (Å²) in [5.41, 5.74) is 2.96. The first-order chi connectivity index (χ1) is 9.26. The Labute approximate surface area is 117 Å². The molecular weight excluding hydrogens is 271 g/mol. The van der Waals surface area contributed by atoms with Crippen LogP contribution >= 0.6 is 0 Å². The van der Waals surface area contributed by atoms with E-state index in [1.807, 2.05) is 27.7 Å². The number of nitrogens with one attached hydrogen (secondary N) is 1. The first-order valence-electron chi connectivity index (χ1n) is 6.68. The van der Waals surface area contributed by atoms with Gasteiger partial charge in [0.2, 0.25) is 0 Å². The van der Waals surface area contributed by atoms with Crippen LogP contribution in [-0.4, -0.2) is 35.7 Å². The van der Waals surface area contributed by atoms with Gasteiger partial charge in [-0.1, -0.05) is 6.92 Å². The van der Waals surface area contributed by atoms with Crippen molar-refractivity contribution < 1.29 is 17.9 Å². The maximum atomic E-state index is 12.0. The predicted molar refractivity (Wildman–Crippen MR) is 70.7 cm³/mol. The van der Waals surface area contributed by atoms with Crippen LogP contribution in [0.5, 0.6) is 0 Å². The molecule has 4 nitrogen and oxygen atoms in total. The van der Waals surface area contributed by atoms with Crippen molar-refractivity contribution in [2.24, 2.45) is 0 Å². The molecule has 0 bridgehead atoms. The number of halogens is 3. The van der Waals surface area contributed by atoms with Crippen LogP contribution < -0.4 is 5.32 Å². The molecule has 1 N–H and O–H groups in total. The normalized spacial score (nSPS) is 13.8. The van der Waals surface area contributed by atoms with Crippen molar-refractivity contribution in [3.8, 4) is 0 Å². The molecule has 0 aliphatic heterocycles. The fourth-order valence-corrected chi connectivity index (χ4v) is 2.30. The molecule has 1 aromatic heterocycles. The fraction of sp³-hybridized carbons (Fsp3) is 0.769. The van der Waals surface area contributed by atoms with Crippen molar-refractivity contribution >= 4 is 0 Å². The smallest absolute Gasteiger partial charge is 0.370 e. The highest BCUT2D eigenvalue weighted by Crippen LogP contribution is 2.21. The van der Waals surface area contributed by atoms with Crippen LogP contribution in [0, 0.1) is 13.8 Å². The van der Waals surface area contributed by atoms with Crippen molar-refractivity contribution in [2.75, 3.05) is 19.8 Å². The lowest BCUT2D eigenvalue weighted by molar-refractivity contribution is -0.174. The Morgan fingerprint density at radius 3 is 2.55 bits per heavy atom. The molecular formula is C13H22F3N3O. The van der Waals surface area contributed by atoms with E-state index in [1.54, 1.807) is 4.68 Å². The minimum Gasteiger partial charge on any atom is -0.370 e. The van der Waals surface area contributed by atoms with Gasteiger partial charge < -0.3 is 10.1 Å². The van der Waals surface area contributed by atoms with Crippen LogP contribution in [0.15, 0.2) is 0 Å². The molecule has 0 aliphatic rings. The number of aryl methyl sites for hydroxylation is 1. The SMILES string of the molecule is CCNC(C)c1c(C)nn(CCOCC(F)(F)F)c1C. The van der Waals surface area contributed by atoms with Crippen LogP contribution in [0.3, 0.4) is 0 Å². The summed E-state index contributed by atoms with van der Waals surface area (Å²) in [5.74, 6) is 0. The Balaban J connectivity index is 2.62. The third-order valence-electron chi connectivity index (χ3n) is 3.09. The monoisotopic (exact) mass is 293 g/mol. The van der Waals surface area contributed by atoms with Gasteiger partial charge in [-0.15, -0.1) is 0 Å². The zero-order valence-corrected chi connectivity index (χ0v) is 12.3. The molecule has 1 atom stereocenters. The van der Waals surface area contributed by atoms with Crippen LogP contribution in [0.2, 0.25) is 0 Å². The number of hydrogen-bond donors (Lipinski definition) is 1. The van der Waals surface area contributed by atoms with Crippen LogP contribution in [0.1, 0.15) is 36.8 Å². The third kappa shape index (κ3) is 4.79. The van der Waals surface area contributed by atoms with Crippen molar-refractivity contribution in [3.05, 3.63) is 17.0 Å². The molecule has 116 valence electrons. The molecule has 0 amide bonds. The van der Waals surface area contributed by atoms with E-state index in [0.717, 1.165) is 23.5 Å². The quantitative estimate of drug-likeness (QED) is 0.786. The van der Waals surface area contributed by atoms with Gasteiger partial charge in [0, 0.05) is 17.3 Å². The zero-order chi connectivity index (χ0) is 15.3. The van der Waals surface area contributed by atoms with Gasteiger partial charge in [-0.3, -0.25) is 4.68 Å². The molecule has 1 heterocycles. The van der Waals surface area contributed by atoms with E-state index < -0.39 is 12.8 Å². The van der Waals surface area contributed by atoms with Crippen molar-refractivity contribution in [1.29, 1.82) is 0 Å². The second kappa shape index (κ2) is 7.08. The van der Waals surface area contributed by atoms with Crippen LogP contribution in [0.4, 0.5) is 13.2 Å². The van der Waals surface area contributed by atoms with E-state index in [9.17, 15) is 13.2 Å². The second-order valence-corrected chi connectivity index (χ2v) is 4.75. The molecule has 1 aromatic rings. The zero-order valence-electron chi connectivity index (χ0n) is 12.3. The first kappa shape index (κ1) is 17.0. The molecule has 20 heavy (non-hydrogen) atoms. The number of rotatable bonds is 7. The van der Waals surface area contributed by atoms with Gasteiger partial charge in [0.05, 0.1) is 18.8 Å². The summed E-state index contributed by atoms with van der Waals surface area (Å²) in [5, 5.41) is 7.67. The highest BCUT2D eigenvalue weighted by atomic mass is 19.4. The molecule has 0 aliphatic carbocycles. The van der Waals surface area contributed by atoms with Crippen molar-refractivity contribution in [2.45, 2.75) is 46.5 Å². The Bertz CT molecular complexity index is 429. The molecule has 0 spiro atoms. The number of aromatic nitrogens is 2. The van der Waals surface area contributed by atoms with Crippen LogP contribution in [-0.2, 0) is 11.3 Å². The number of hydrogen-bond acceptors (Lipinski definition) is 3. The molecule has 1 rings (SSSR count). The van der Waals surface area contributed by atoms with Crippen molar-refractivity contribution in [1.82, 2.24) is 15.1 Å². The molecule has 1 unspecified atom stereocenters. The van der Waals surface area contributed by atoms with Gasteiger partial charge in [-0.25, -0.2) is 0 Å². The third-order valence-corrected chi connectivity index (χ3v) is 3.09. The maximum Gasteiger partial charge on any atom is 0.411 e. The minimum absolute atomic E-state index is 0.00347. The fourth-order valence-electron chi connectivity index (χ4n) is 2.30. The Morgan fingerprint density at radius 1 is 1.35 bits per heavy atom. The molecule has 0 aromatic carbocycles. The summed E-state index contributed by atoms with van der Waals surface area (Å²) < 4.78 is 42.2. The van der Waals surface area contributed by atoms with Gasteiger partial charge >= 0.3 is 6.18 Å². The van der Waals surface area contributed by atoms with Gasteiger partial charge in [-0.2, -0.15) is 18.3 Å². The van der Waals surface area contributed by atoms with E-state index in [1.165, 1.54) is 0 Å². The standard InChI is InChI=1S/C13H22F3N3O/c1-5-17-9(2)12-10(3)18-19(11(12)4)6-7-20-8-13(14,15)16/h9,17H,5-8H2,1-4H3. The summed E-state index contributed by atoms with van der Waals surface area (Å²) in [6.07, 6.45) is -4.28. The Kier molecular flexibility index (Phi) is 6.01. The van der Waals surface area contributed by atoms with E-state index >= 15 is 0 Å². The summed E-state index contributed by atoms with van der Waals surface area (Å²) in [7, 11) is 0. The first-order valence-corrected chi connectivity index (χ1v) is 6.68. The summed E-state index contributed by atoms with van der Waals surface area (Å²) in [4.78, 5) is 0. The molecule has 0 saturated carbocycles. The molecule has 0 saturated heterocycles. The Morgan fingerprint density at radius 2 is 2.00 bits per heavy atom. The number of alkyl halides is 3. The maximum absolute atomic E-state index is 12.0. The number of ether oxygens (including phenoxy) is 1. The van der Waals surface area contributed by atoms with E-state index in [4.69, 9.17) is 0 Å². The average Bonchev–Trinajstić information content (AvgIpc) is 2.59. The largest absolute Gasteiger partial charge is 0.411 e. The van der Waals surface area contributed by atoms with Gasteiger partial charge in [-0.05, 0) is 27.3 Å². The summed E-state index contributed by atoms with van der Waals surface area (Å²) >= 11 is 0. The van der Waals surface area contributed by atoms with Gasteiger partial charge in [0.25, 0.3) is 0 Å². The van der Waals surface area contributed by atoms with E-state index in [-0.39, 0.29) is 12.6 Å². The average molecular weight is 293 g/mol. The van der Waals surface area contributed by atoms with E-state index in [0.29, 0.717) is 6.54 Å². The predicted octanol–water partition coefficient (Wildman–Crippen LogP) is 2.75. The van der Waals surface area contributed by atoms with E-state index in [2.05, 4.69) is 15.2 Å². The lowest BCUT2D eigenvalue weighted by Crippen LogP contribution is -2.20. The summed E-state index contributed by atoms with van der Waals surface area (Å²) in [6.45, 7) is 7.85. The number of nitrogens with zero attached hydrogens (tertiary/aromatic N) is 2. The minimum atomic E-state index is -4.28. The summed E-state index contributed by atoms with van der Waals surface area (Å²) in [6, 6.07) is 0.171.